The van der Waals surface area contributed by atoms with E-state index in [1.165, 1.54) is 17.8 Å². The number of rotatable bonds is 4. The van der Waals surface area contributed by atoms with Crippen LogP contribution in [0.25, 0.3) is 0 Å². The summed E-state index contributed by atoms with van der Waals surface area (Å²) in [5.41, 5.74) is 6.16. The molecule has 3 rings (SSSR count). The molecule has 1 aliphatic heterocycles. The maximum Gasteiger partial charge on any atom is 0.237 e. The van der Waals surface area contributed by atoms with Crippen LogP contribution in [0.5, 0.6) is 0 Å². The number of hydrogen-bond acceptors (Lipinski definition) is 5. The van der Waals surface area contributed by atoms with Crippen LogP contribution in [-0.2, 0) is 11.3 Å². The summed E-state index contributed by atoms with van der Waals surface area (Å²) in [4.78, 5) is 16.2. The van der Waals surface area contributed by atoms with Crippen molar-refractivity contribution in [3.8, 4) is 0 Å². The molecule has 2 heterocycles. The van der Waals surface area contributed by atoms with E-state index in [0.29, 0.717) is 23.7 Å². The normalized spacial score (nSPS) is 31.8. The molecule has 0 radical (unpaired) electrons. The topological polar surface area (TPSA) is 104 Å². The van der Waals surface area contributed by atoms with Gasteiger partial charge < -0.3 is 16.4 Å². The van der Waals surface area contributed by atoms with E-state index in [4.69, 9.17) is 11.1 Å². The number of aromatic nitrogens is 1. The van der Waals surface area contributed by atoms with Crippen LogP contribution in [0.15, 0.2) is 5.38 Å². The van der Waals surface area contributed by atoms with Crippen molar-refractivity contribution in [2.24, 2.45) is 11.1 Å². The molecule has 0 bridgehead atoms. The molecular weight excluding hydrogens is 262 g/mol. The number of hydrogen-bond donors (Lipinski definition) is 4. The molecule has 1 aliphatic carbocycles. The van der Waals surface area contributed by atoms with Crippen molar-refractivity contribution in [1.82, 2.24) is 15.6 Å². The summed E-state index contributed by atoms with van der Waals surface area (Å²) in [5, 5.41) is 16.0. The van der Waals surface area contributed by atoms with E-state index in [0.717, 1.165) is 11.4 Å². The Morgan fingerprint density at radius 3 is 3.11 bits per heavy atom. The van der Waals surface area contributed by atoms with Crippen LogP contribution in [-0.4, -0.2) is 28.8 Å². The van der Waals surface area contributed by atoms with Gasteiger partial charge in [0.05, 0.1) is 12.6 Å². The number of carbonyl (C=O) groups excluding carboxylic acids is 1. The van der Waals surface area contributed by atoms with Crippen molar-refractivity contribution in [3.05, 3.63) is 16.1 Å². The van der Waals surface area contributed by atoms with Crippen molar-refractivity contribution < 1.29 is 4.79 Å². The maximum absolute atomic E-state index is 12.0. The predicted molar refractivity (Wildman–Crippen MR) is 73.0 cm³/mol. The van der Waals surface area contributed by atoms with Gasteiger partial charge in [0.15, 0.2) is 0 Å². The van der Waals surface area contributed by atoms with Gasteiger partial charge in [0, 0.05) is 11.4 Å². The molecule has 1 aromatic heterocycles. The van der Waals surface area contributed by atoms with E-state index < -0.39 is 0 Å². The second-order valence-corrected chi connectivity index (χ2v) is 6.53. The minimum atomic E-state index is -0.0732. The summed E-state index contributed by atoms with van der Waals surface area (Å²) in [6.45, 7) is 2.62. The Kier molecular flexibility index (Phi) is 2.83. The van der Waals surface area contributed by atoms with Gasteiger partial charge in [0.25, 0.3) is 0 Å². The van der Waals surface area contributed by atoms with E-state index in [9.17, 15) is 4.79 Å². The lowest BCUT2D eigenvalue weighted by atomic mass is 10.0. The Morgan fingerprint density at radius 2 is 2.53 bits per heavy atom. The number of fused-ring (bicyclic) bond motifs is 1. The number of nitrogens with one attached hydrogen (secondary N) is 3. The second kappa shape index (κ2) is 4.28. The van der Waals surface area contributed by atoms with Gasteiger partial charge in [0.1, 0.15) is 16.5 Å². The molecule has 2 aliphatic rings. The van der Waals surface area contributed by atoms with Crippen molar-refractivity contribution in [3.63, 3.8) is 0 Å². The quantitative estimate of drug-likeness (QED) is 0.466. The van der Waals surface area contributed by atoms with Crippen LogP contribution in [0, 0.1) is 10.8 Å². The van der Waals surface area contributed by atoms with Crippen molar-refractivity contribution >= 4 is 23.1 Å². The summed E-state index contributed by atoms with van der Waals surface area (Å²) in [5.74, 6) is -0.00713. The third-order valence-corrected chi connectivity index (χ3v) is 4.83. The van der Waals surface area contributed by atoms with Gasteiger partial charge in [-0.1, -0.05) is 6.92 Å². The highest BCUT2D eigenvalue weighted by molar-refractivity contribution is 7.09. The van der Waals surface area contributed by atoms with E-state index >= 15 is 0 Å². The lowest BCUT2D eigenvalue weighted by Gasteiger charge is -2.13. The first kappa shape index (κ1) is 12.6. The number of nitrogen functional groups attached to an aromatic ring is 1. The van der Waals surface area contributed by atoms with E-state index in [2.05, 4.69) is 22.5 Å². The molecule has 1 aromatic rings. The van der Waals surface area contributed by atoms with Gasteiger partial charge in [-0.2, -0.15) is 0 Å². The smallest absolute Gasteiger partial charge is 0.237 e. The summed E-state index contributed by atoms with van der Waals surface area (Å²) in [6, 6.07) is 0.448. The fraction of sp³-hybridized carbons (Fsp3) is 0.583. The van der Waals surface area contributed by atoms with Crippen LogP contribution in [0.2, 0.25) is 0 Å². The van der Waals surface area contributed by atoms with Gasteiger partial charge in [-0.3, -0.25) is 10.2 Å². The summed E-state index contributed by atoms with van der Waals surface area (Å²) >= 11 is 1.40. The number of piperidine rings is 1. The van der Waals surface area contributed by atoms with Gasteiger partial charge in [0.2, 0.25) is 5.91 Å². The number of amidine groups is 1. The van der Waals surface area contributed by atoms with Gasteiger partial charge in [-0.15, -0.1) is 11.3 Å². The second-order valence-electron chi connectivity index (χ2n) is 5.59. The average Bonchev–Trinajstić information content (AvgIpc) is 2.78. The fourth-order valence-corrected chi connectivity index (χ4v) is 3.37. The first-order chi connectivity index (χ1) is 8.98. The van der Waals surface area contributed by atoms with Gasteiger partial charge in [-0.25, -0.2) is 4.98 Å². The number of carbonyl (C=O) groups is 1. The van der Waals surface area contributed by atoms with Gasteiger partial charge in [-0.05, 0) is 18.3 Å². The molecule has 1 amide bonds. The molecule has 2 fully saturated rings. The van der Waals surface area contributed by atoms with Crippen molar-refractivity contribution in [1.29, 1.82) is 5.41 Å². The highest BCUT2D eigenvalue weighted by Crippen LogP contribution is 2.53. The monoisotopic (exact) mass is 279 g/mol. The molecule has 0 aromatic carbocycles. The third kappa shape index (κ3) is 2.35. The summed E-state index contributed by atoms with van der Waals surface area (Å²) < 4.78 is 0. The summed E-state index contributed by atoms with van der Waals surface area (Å²) in [7, 11) is 0. The Bertz CT molecular complexity index is 542. The van der Waals surface area contributed by atoms with E-state index in [1.54, 1.807) is 5.38 Å². The number of amides is 1. The maximum atomic E-state index is 12.0. The van der Waals surface area contributed by atoms with Crippen LogP contribution < -0.4 is 16.4 Å². The molecule has 19 heavy (non-hydrogen) atoms. The van der Waals surface area contributed by atoms with Crippen LogP contribution in [0.4, 0.5) is 0 Å². The number of nitrogens with two attached hydrogens (primary N) is 1. The Hall–Kier alpha value is -1.47. The predicted octanol–water partition coefficient (Wildman–Crippen LogP) is 0.184. The minimum absolute atomic E-state index is 0.0352. The minimum Gasteiger partial charge on any atom is -0.382 e. The van der Waals surface area contributed by atoms with Crippen molar-refractivity contribution in [2.45, 2.75) is 38.4 Å². The molecule has 1 saturated heterocycles. The van der Waals surface area contributed by atoms with E-state index in [1.807, 2.05) is 0 Å². The lowest BCUT2D eigenvalue weighted by molar-refractivity contribution is -0.123. The van der Waals surface area contributed by atoms with Crippen molar-refractivity contribution in [2.75, 3.05) is 0 Å². The molecule has 7 heteroatoms. The zero-order valence-electron chi connectivity index (χ0n) is 10.7. The van der Waals surface area contributed by atoms with Crippen LogP contribution in [0.3, 0.4) is 0 Å². The molecule has 6 nitrogen and oxygen atoms in total. The van der Waals surface area contributed by atoms with Crippen LogP contribution in [0.1, 0.15) is 30.5 Å². The molecule has 0 unspecified atom stereocenters. The Balaban J connectivity index is 1.51. The lowest BCUT2D eigenvalue weighted by Crippen LogP contribution is -2.41. The number of nitrogens with zero attached hydrogens (tertiary/aromatic N) is 1. The molecule has 102 valence electrons. The molecule has 1 saturated carbocycles. The van der Waals surface area contributed by atoms with Gasteiger partial charge >= 0.3 is 0 Å². The fourth-order valence-electron chi connectivity index (χ4n) is 2.63. The highest BCUT2D eigenvalue weighted by atomic mass is 32.1. The standard InChI is InChI=1S/C12H17N5OS/c1-12-2-6(16-8(12)3-12)11(18)15-4-9-17-7(5-19-9)10(13)14/h5-6,8,16H,2-4H2,1H3,(H3,13,14)(H,15,18)/t6-,8-,12+/m0/s1. The Labute approximate surface area is 115 Å². The third-order valence-electron chi connectivity index (χ3n) is 3.98. The SMILES string of the molecule is C[C@]12C[C@@H](C(=O)NCc3nc(C(=N)N)cs3)N[C@H]1C2. The van der Waals surface area contributed by atoms with E-state index in [-0.39, 0.29) is 17.8 Å². The highest BCUT2D eigenvalue weighted by Gasteiger charge is 2.57. The van der Waals surface area contributed by atoms with Crippen LogP contribution >= 0.6 is 11.3 Å². The Morgan fingerprint density at radius 1 is 1.74 bits per heavy atom. The number of thiazole rings is 1. The summed E-state index contributed by atoms with van der Waals surface area (Å²) in [6.07, 6.45) is 2.10. The molecule has 5 N–H and O–H groups in total. The average molecular weight is 279 g/mol. The molecular formula is C12H17N5OS. The molecule has 0 spiro atoms. The first-order valence-corrected chi connectivity index (χ1v) is 7.18. The molecule has 3 atom stereocenters. The first-order valence-electron chi connectivity index (χ1n) is 6.30. The zero-order chi connectivity index (χ0) is 13.6. The largest absolute Gasteiger partial charge is 0.382 e. The zero-order valence-corrected chi connectivity index (χ0v) is 11.5.